The van der Waals surface area contributed by atoms with Crippen LogP contribution in [0.15, 0.2) is 66.7 Å². The van der Waals surface area contributed by atoms with Gasteiger partial charge in [-0.2, -0.15) is 0 Å². The Morgan fingerprint density at radius 1 is 0.898 bits per heavy atom. The topological polar surface area (TPSA) is 138 Å². The SMILES string of the molecule is CCC(CC)NC(=O)Nc1ccc(Oc2ccc(NC(=O)c3ccc(OC45CCCC(CC4)N5CC(C)(C)C(=O)O)cc3)cc2)c(OC)c1. The maximum Gasteiger partial charge on any atom is 0.319 e. The predicted octanol–water partition coefficient (Wildman–Crippen LogP) is 7.88. The number of nitrogens with zero attached hydrogens (tertiary/aromatic N) is 1. The van der Waals surface area contributed by atoms with Gasteiger partial charge in [0.15, 0.2) is 17.2 Å². The van der Waals surface area contributed by atoms with Crippen LogP contribution in [0.25, 0.3) is 0 Å². The Hall–Kier alpha value is -4.77. The number of urea groups is 1. The minimum Gasteiger partial charge on any atom is -0.493 e. The first-order chi connectivity index (χ1) is 23.4. The standard InChI is InChI=1S/C38H48N4O7/c1-6-26(7-2)40-36(46)41-28-14-19-32(33(23-28)47-5)48-30-17-12-27(13-18-30)39-34(43)25-10-15-31(16-11-25)49-38-21-8-9-29(20-22-38)42(38)24-37(3,4)35(44)45/h10-19,23,26,29H,6-9,20-22,24H2,1-5H3,(H,39,43)(H,44,45)(H2,40,41,46). The highest BCUT2D eigenvalue weighted by molar-refractivity contribution is 6.04. The lowest BCUT2D eigenvalue weighted by atomic mass is 9.89. The van der Waals surface area contributed by atoms with Gasteiger partial charge in [-0.05, 0) is 107 Å². The van der Waals surface area contributed by atoms with E-state index in [-0.39, 0.29) is 18.0 Å². The van der Waals surface area contributed by atoms with Crippen molar-refractivity contribution in [2.24, 2.45) is 5.41 Å². The summed E-state index contributed by atoms with van der Waals surface area (Å²) in [6, 6.07) is 19.4. The van der Waals surface area contributed by atoms with Crippen LogP contribution >= 0.6 is 0 Å². The zero-order valence-corrected chi connectivity index (χ0v) is 29.0. The first kappa shape index (κ1) is 35.5. The van der Waals surface area contributed by atoms with Crippen LogP contribution in [-0.4, -0.2) is 59.4 Å². The van der Waals surface area contributed by atoms with Crippen molar-refractivity contribution < 1.29 is 33.7 Å². The van der Waals surface area contributed by atoms with Crippen molar-refractivity contribution in [3.05, 3.63) is 72.3 Å². The number of amides is 3. The van der Waals surface area contributed by atoms with E-state index in [0.29, 0.717) is 52.5 Å². The average Bonchev–Trinajstić information content (AvgIpc) is 3.25. The summed E-state index contributed by atoms with van der Waals surface area (Å²) in [6.45, 7) is 8.01. The van der Waals surface area contributed by atoms with Crippen LogP contribution in [-0.2, 0) is 4.79 Å². The lowest BCUT2D eigenvalue weighted by Gasteiger charge is -2.46. The van der Waals surface area contributed by atoms with Crippen molar-refractivity contribution in [1.29, 1.82) is 0 Å². The molecular formula is C38H48N4O7. The maximum atomic E-state index is 13.1. The van der Waals surface area contributed by atoms with E-state index in [1.165, 1.54) is 7.11 Å². The molecule has 2 aliphatic rings. The van der Waals surface area contributed by atoms with Crippen molar-refractivity contribution >= 4 is 29.3 Å². The van der Waals surface area contributed by atoms with Gasteiger partial charge in [0, 0.05) is 54.5 Å². The number of hydrogen-bond acceptors (Lipinski definition) is 7. The minimum atomic E-state index is -0.885. The van der Waals surface area contributed by atoms with Crippen LogP contribution in [0, 0.1) is 5.41 Å². The fraction of sp³-hybridized carbons (Fsp3) is 0.447. The zero-order chi connectivity index (χ0) is 35.2. The van der Waals surface area contributed by atoms with Crippen molar-refractivity contribution in [3.8, 4) is 23.0 Å². The summed E-state index contributed by atoms with van der Waals surface area (Å²) < 4.78 is 18.1. The molecule has 0 spiro atoms. The molecule has 3 amide bonds. The Kier molecular flexibility index (Phi) is 11.0. The van der Waals surface area contributed by atoms with Crippen LogP contribution in [0.1, 0.15) is 83.0 Å². The van der Waals surface area contributed by atoms with Gasteiger partial charge >= 0.3 is 12.0 Å². The Morgan fingerprint density at radius 2 is 1.57 bits per heavy atom. The highest BCUT2D eigenvalue weighted by Gasteiger charge is 2.52. The number of carboxylic acids is 1. The van der Waals surface area contributed by atoms with E-state index < -0.39 is 17.1 Å². The summed E-state index contributed by atoms with van der Waals surface area (Å²) in [4.78, 5) is 39.6. The lowest BCUT2D eigenvalue weighted by molar-refractivity contribution is -0.155. The molecule has 3 aromatic rings. The molecule has 0 radical (unpaired) electrons. The third kappa shape index (κ3) is 8.45. The molecule has 2 heterocycles. The van der Waals surface area contributed by atoms with Crippen LogP contribution in [0.2, 0.25) is 0 Å². The largest absolute Gasteiger partial charge is 0.493 e. The highest BCUT2D eigenvalue weighted by atomic mass is 16.5. The molecular weight excluding hydrogens is 624 g/mol. The number of carboxylic acid groups (broad SMARTS) is 1. The number of benzene rings is 3. The number of anilines is 2. The molecule has 2 unspecified atom stereocenters. The van der Waals surface area contributed by atoms with E-state index >= 15 is 0 Å². The van der Waals surface area contributed by atoms with Gasteiger partial charge in [0.05, 0.1) is 12.5 Å². The van der Waals surface area contributed by atoms with Crippen LogP contribution in [0.3, 0.4) is 0 Å². The fourth-order valence-corrected chi connectivity index (χ4v) is 6.64. The second-order valence-corrected chi connectivity index (χ2v) is 13.5. The first-order valence-electron chi connectivity index (χ1n) is 17.1. The number of ether oxygens (including phenoxy) is 3. The highest BCUT2D eigenvalue weighted by Crippen LogP contribution is 2.46. The summed E-state index contributed by atoms with van der Waals surface area (Å²) in [5.74, 6) is 1.05. The molecule has 49 heavy (non-hydrogen) atoms. The van der Waals surface area contributed by atoms with Crippen molar-refractivity contribution in [1.82, 2.24) is 10.2 Å². The minimum absolute atomic E-state index is 0.109. The van der Waals surface area contributed by atoms with E-state index in [1.807, 2.05) is 13.8 Å². The second-order valence-electron chi connectivity index (χ2n) is 13.5. The summed E-state index contributed by atoms with van der Waals surface area (Å²) in [5.41, 5.74) is 0.239. The molecule has 0 aliphatic carbocycles. The third-order valence-electron chi connectivity index (χ3n) is 9.59. The van der Waals surface area contributed by atoms with Gasteiger partial charge in [0.25, 0.3) is 5.91 Å². The number of carbonyl (C=O) groups excluding carboxylic acids is 2. The first-order valence-corrected chi connectivity index (χ1v) is 17.1. The summed E-state index contributed by atoms with van der Waals surface area (Å²) in [7, 11) is 1.53. The van der Waals surface area contributed by atoms with Gasteiger partial charge in [0.1, 0.15) is 11.5 Å². The van der Waals surface area contributed by atoms with E-state index in [1.54, 1.807) is 80.6 Å². The van der Waals surface area contributed by atoms with Crippen LogP contribution in [0.5, 0.6) is 23.0 Å². The molecule has 2 aliphatic heterocycles. The lowest BCUT2D eigenvalue weighted by Crippen LogP contribution is -2.57. The van der Waals surface area contributed by atoms with E-state index in [9.17, 15) is 19.5 Å². The van der Waals surface area contributed by atoms with Crippen molar-refractivity contribution in [2.75, 3.05) is 24.3 Å². The molecule has 3 aromatic carbocycles. The van der Waals surface area contributed by atoms with Gasteiger partial charge < -0.3 is 35.3 Å². The number of methoxy groups -OCH3 is 1. The Bertz CT molecular complexity index is 1620. The summed E-state index contributed by atoms with van der Waals surface area (Å²) in [6.07, 6.45) is 6.46. The van der Waals surface area contributed by atoms with Crippen LogP contribution < -0.4 is 30.2 Å². The van der Waals surface area contributed by atoms with Crippen molar-refractivity contribution in [2.45, 2.75) is 90.4 Å². The molecule has 2 fully saturated rings. The number of carbonyl (C=O) groups is 3. The predicted molar refractivity (Wildman–Crippen MR) is 189 cm³/mol. The molecule has 5 rings (SSSR count). The van der Waals surface area contributed by atoms with Gasteiger partial charge in [-0.1, -0.05) is 13.8 Å². The van der Waals surface area contributed by atoms with Gasteiger partial charge in [-0.25, -0.2) is 4.79 Å². The molecule has 2 saturated heterocycles. The number of aliphatic carboxylic acids is 1. The van der Waals surface area contributed by atoms with E-state index in [2.05, 4.69) is 20.9 Å². The molecule has 11 heteroatoms. The Balaban J connectivity index is 1.17. The molecule has 4 N–H and O–H groups in total. The zero-order valence-electron chi connectivity index (χ0n) is 29.0. The van der Waals surface area contributed by atoms with Crippen LogP contribution in [0.4, 0.5) is 16.2 Å². The van der Waals surface area contributed by atoms with Gasteiger partial charge in [-0.3, -0.25) is 14.5 Å². The normalized spacial score (nSPS) is 18.9. The smallest absolute Gasteiger partial charge is 0.319 e. The molecule has 0 aromatic heterocycles. The molecule has 262 valence electrons. The number of hydrogen-bond donors (Lipinski definition) is 4. The third-order valence-corrected chi connectivity index (χ3v) is 9.59. The quantitative estimate of drug-likeness (QED) is 0.136. The van der Waals surface area contributed by atoms with Crippen molar-refractivity contribution in [3.63, 3.8) is 0 Å². The number of piperidine rings is 1. The Labute approximate surface area is 288 Å². The molecule has 2 atom stereocenters. The summed E-state index contributed by atoms with van der Waals surface area (Å²) in [5, 5.41) is 18.4. The maximum absolute atomic E-state index is 13.1. The average molecular weight is 673 g/mol. The summed E-state index contributed by atoms with van der Waals surface area (Å²) >= 11 is 0. The number of fused-ring (bicyclic) bond motifs is 2. The number of rotatable bonds is 14. The second kappa shape index (κ2) is 15.2. The van der Waals surface area contributed by atoms with Gasteiger partial charge in [-0.15, -0.1) is 0 Å². The monoisotopic (exact) mass is 672 g/mol. The molecule has 2 bridgehead atoms. The number of nitrogens with one attached hydrogen (secondary N) is 3. The van der Waals surface area contributed by atoms with E-state index in [0.717, 1.165) is 44.9 Å². The fourth-order valence-electron chi connectivity index (χ4n) is 6.64. The molecule has 0 saturated carbocycles. The molecule has 11 nitrogen and oxygen atoms in total. The van der Waals surface area contributed by atoms with E-state index in [4.69, 9.17) is 14.2 Å². The Morgan fingerprint density at radius 3 is 2.22 bits per heavy atom. The van der Waals surface area contributed by atoms with Gasteiger partial charge in [0.2, 0.25) is 0 Å².